The Balaban J connectivity index is 1.55. The number of likely N-dealkylation sites (N-methyl/N-ethyl adjacent to an activating group) is 1. The molecule has 35 heavy (non-hydrogen) atoms. The zero-order valence-corrected chi connectivity index (χ0v) is 21.5. The summed E-state index contributed by atoms with van der Waals surface area (Å²) in [5.41, 5.74) is 1.52. The second-order valence-electron chi connectivity index (χ2n) is 9.35. The molecule has 2 aromatic rings. The lowest BCUT2D eigenvalue weighted by atomic mass is 9.83. The van der Waals surface area contributed by atoms with Gasteiger partial charge in [-0.25, -0.2) is 0 Å². The van der Waals surface area contributed by atoms with Gasteiger partial charge in [-0.3, -0.25) is 19.4 Å². The van der Waals surface area contributed by atoms with Gasteiger partial charge in [-0.2, -0.15) is 0 Å². The van der Waals surface area contributed by atoms with Crippen molar-refractivity contribution in [2.75, 3.05) is 33.2 Å². The van der Waals surface area contributed by atoms with E-state index in [0.717, 1.165) is 5.56 Å². The van der Waals surface area contributed by atoms with Crippen LogP contribution in [0.4, 0.5) is 0 Å². The van der Waals surface area contributed by atoms with Crippen LogP contribution in [-0.4, -0.2) is 76.7 Å². The lowest BCUT2D eigenvalue weighted by Gasteiger charge is -2.44. The first-order chi connectivity index (χ1) is 16.8. The Morgan fingerprint density at radius 3 is 2.23 bits per heavy atom. The van der Waals surface area contributed by atoms with Gasteiger partial charge in [-0.15, -0.1) is 0 Å². The molecule has 0 aliphatic carbocycles. The topological polar surface area (TPSA) is 73.8 Å². The number of halogens is 2. The number of nitrogens with zero attached hydrogens (tertiary/aromatic N) is 4. The van der Waals surface area contributed by atoms with Crippen LogP contribution in [0.25, 0.3) is 0 Å². The van der Waals surface area contributed by atoms with Gasteiger partial charge in [-0.05, 0) is 49.1 Å². The molecule has 186 valence electrons. The lowest BCUT2D eigenvalue weighted by Crippen LogP contribution is -2.53. The van der Waals surface area contributed by atoms with Crippen LogP contribution in [0.5, 0.6) is 0 Å². The molecule has 2 aliphatic rings. The number of likely N-dealkylation sites (tertiary alicyclic amines) is 2. The third-order valence-corrected chi connectivity index (χ3v) is 8.03. The maximum Gasteiger partial charge on any atom is 0.253 e. The van der Waals surface area contributed by atoms with Crippen molar-refractivity contribution in [3.63, 3.8) is 0 Å². The SMILES string of the molecule is CC(=O)N1CCC(C(=O)N2CCC(N(C)C(=O)c3ccncc3)C(c3ccc(Cl)c(Cl)c3)C2)CC1. The fourth-order valence-corrected chi connectivity index (χ4v) is 5.53. The number of carbonyl (C=O) groups excluding carboxylic acids is 3. The molecule has 0 saturated carbocycles. The summed E-state index contributed by atoms with van der Waals surface area (Å²) in [6.45, 7) is 3.85. The second-order valence-corrected chi connectivity index (χ2v) is 10.2. The molecule has 3 heterocycles. The smallest absolute Gasteiger partial charge is 0.253 e. The van der Waals surface area contributed by atoms with Gasteiger partial charge in [0.1, 0.15) is 0 Å². The maximum atomic E-state index is 13.4. The number of aromatic nitrogens is 1. The number of hydrogen-bond acceptors (Lipinski definition) is 4. The van der Waals surface area contributed by atoms with Crippen molar-refractivity contribution in [2.45, 2.75) is 38.1 Å². The molecule has 7 nitrogen and oxygen atoms in total. The van der Waals surface area contributed by atoms with E-state index in [1.807, 2.05) is 24.1 Å². The average molecular weight is 517 g/mol. The highest BCUT2D eigenvalue weighted by molar-refractivity contribution is 6.42. The van der Waals surface area contributed by atoms with Crippen LogP contribution >= 0.6 is 23.2 Å². The van der Waals surface area contributed by atoms with E-state index in [-0.39, 0.29) is 35.6 Å². The molecule has 2 aliphatic heterocycles. The third kappa shape index (κ3) is 5.62. The summed E-state index contributed by atoms with van der Waals surface area (Å²) >= 11 is 12.5. The van der Waals surface area contributed by atoms with Crippen LogP contribution in [0.2, 0.25) is 10.0 Å². The van der Waals surface area contributed by atoms with E-state index in [2.05, 4.69) is 4.98 Å². The Hall–Kier alpha value is -2.64. The van der Waals surface area contributed by atoms with Crippen molar-refractivity contribution in [3.8, 4) is 0 Å². The van der Waals surface area contributed by atoms with Crippen LogP contribution in [0.1, 0.15) is 48.0 Å². The Morgan fingerprint density at radius 1 is 0.943 bits per heavy atom. The van der Waals surface area contributed by atoms with Gasteiger partial charge in [0.2, 0.25) is 11.8 Å². The average Bonchev–Trinajstić information content (AvgIpc) is 2.89. The highest BCUT2D eigenvalue weighted by Gasteiger charge is 2.39. The van der Waals surface area contributed by atoms with Gasteiger partial charge < -0.3 is 14.7 Å². The van der Waals surface area contributed by atoms with E-state index in [9.17, 15) is 14.4 Å². The molecule has 2 unspecified atom stereocenters. The van der Waals surface area contributed by atoms with Gasteiger partial charge in [-0.1, -0.05) is 29.3 Å². The molecule has 0 radical (unpaired) electrons. The molecule has 0 N–H and O–H groups in total. The number of rotatable bonds is 4. The first-order valence-electron chi connectivity index (χ1n) is 11.9. The summed E-state index contributed by atoms with van der Waals surface area (Å²) < 4.78 is 0. The number of benzene rings is 1. The Morgan fingerprint density at radius 2 is 1.60 bits per heavy atom. The van der Waals surface area contributed by atoms with E-state index in [4.69, 9.17) is 23.2 Å². The van der Waals surface area contributed by atoms with Crippen LogP contribution < -0.4 is 0 Å². The van der Waals surface area contributed by atoms with Crippen LogP contribution in [0.3, 0.4) is 0 Å². The summed E-state index contributed by atoms with van der Waals surface area (Å²) in [5.74, 6) is -0.111. The first-order valence-corrected chi connectivity index (χ1v) is 12.7. The summed E-state index contributed by atoms with van der Waals surface area (Å²) in [5, 5.41) is 0.917. The van der Waals surface area contributed by atoms with Gasteiger partial charge in [0.25, 0.3) is 5.91 Å². The zero-order chi connectivity index (χ0) is 25.1. The van der Waals surface area contributed by atoms with Crippen molar-refractivity contribution in [1.29, 1.82) is 0 Å². The Labute approximate surface area is 216 Å². The highest BCUT2D eigenvalue weighted by Crippen LogP contribution is 2.35. The molecule has 2 saturated heterocycles. The lowest BCUT2D eigenvalue weighted by molar-refractivity contribution is -0.141. The largest absolute Gasteiger partial charge is 0.343 e. The molecule has 0 bridgehead atoms. The summed E-state index contributed by atoms with van der Waals surface area (Å²) in [6, 6.07) is 8.83. The van der Waals surface area contributed by atoms with Gasteiger partial charge >= 0.3 is 0 Å². The Kier molecular flexibility index (Phi) is 7.97. The molecule has 1 aromatic heterocycles. The van der Waals surface area contributed by atoms with Crippen LogP contribution in [0, 0.1) is 5.92 Å². The minimum Gasteiger partial charge on any atom is -0.343 e. The maximum absolute atomic E-state index is 13.4. The molecule has 9 heteroatoms. The molecule has 4 rings (SSSR count). The fourth-order valence-electron chi connectivity index (χ4n) is 5.22. The first kappa shape index (κ1) is 25.5. The minimum absolute atomic E-state index is 0.0540. The van der Waals surface area contributed by atoms with Crippen molar-refractivity contribution in [3.05, 3.63) is 63.9 Å². The minimum atomic E-state index is -0.115. The van der Waals surface area contributed by atoms with Gasteiger partial charge in [0.15, 0.2) is 0 Å². The standard InChI is InChI=1S/C26H30Cl2N4O3/c1-17(33)31-12-7-19(8-13-31)26(35)32-14-9-24(30(2)25(34)18-5-10-29-11-6-18)21(16-32)20-3-4-22(27)23(28)15-20/h3-6,10-11,15,19,21,24H,7-9,12-14,16H2,1-2H3. The molecule has 2 fully saturated rings. The second kappa shape index (κ2) is 11.0. The molecule has 2 atom stereocenters. The number of piperidine rings is 2. The molecular weight excluding hydrogens is 487 g/mol. The molecule has 0 spiro atoms. The van der Waals surface area contributed by atoms with Crippen molar-refractivity contribution in [1.82, 2.24) is 19.7 Å². The number of hydrogen-bond donors (Lipinski definition) is 0. The summed E-state index contributed by atoms with van der Waals surface area (Å²) in [7, 11) is 1.81. The monoisotopic (exact) mass is 516 g/mol. The molecule has 1 aromatic carbocycles. The van der Waals surface area contributed by atoms with E-state index in [0.29, 0.717) is 61.1 Å². The number of amides is 3. The number of carbonyl (C=O) groups is 3. The predicted molar refractivity (Wildman–Crippen MR) is 135 cm³/mol. The molecular formula is C26H30Cl2N4O3. The van der Waals surface area contributed by atoms with Crippen molar-refractivity contribution >= 4 is 40.9 Å². The van der Waals surface area contributed by atoms with E-state index in [1.165, 1.54) is 0 Å². The predicted octanol–water partition coefficient (Wildman–Crippen LogP) is 4.10. The van der Waals surface area contributed by atoms with E-state index >= 15 is 0 Å². The van der Waals surface area contributed by atoms with E-state index < -0.39 is 0 Å². The van der Waals surface area contributed by atoms with Gasteiger partial charge in [0, 0.05) is 76.0 Å². The van der Waals surface area contributed by atoms with Crippen molar-refractivity contribution < 1.29 is 14.4 Å². The zero-order valence-electron chi connectivity index (χ0n) is 20.0. The van der Waals surface area contributed by atoms with E-state index in [1.54, 1.807) is 47.3 Å². The fraction of sp³-hybridized carbons (Fsp3) is 0.462. The normalized spacial score (nSPS) is 21.0. The summed E-state index contributed by atoms with van der Waals surface area (Å²) in [6.07, 6.45) is 5.22. The summed E-state index contributed by atoms with van der Waals surface area (Å²) in [4.78, 5) is 47.8. The third-order valence-electron chi connectivity index (χ3n) is 7.29. The quantitative estimate of drug-likeness (QED) is 0.612. The number of pyridine rings is 1. The Bertz CT molecular complexity index is 1090. The molecule has 3 amide bonds. The highest BCUT2D eigenvalue weighted by atomic mass is 35.5. The van der Waals surface area contributed by atoms with Gasteiger partial charge in [0.05, 0.1) is 10.0 Å². The van der Waals surface area contributed by atoms with Crippen LogP contribution in [-0.2, 0) is 9.59 Å². The van der Waals surface area contributed by atoms with Crippen molar-refractivity contribution in [2.24, 2.45) is 5.92 Å². The van der Waals surface area contributed by atoms with Crippen LogP contribution in [0.15, 0.2) is 42.7 Å².